The predicted octanol–water partition coefficient (Wildman–Crippen LogP) is 6.38. The van der Waals surface area contributed by atoms with Crippen molar-refractivity contribution in [2.45, 2.75) is 19.9 Å². The summed E-state index contributed by atoms with van der Waals surface area (Å²) in [4.78, 5) is 0. The van der Waals surface area contributed by atoms with Crippen LogP contribution in [0.5, 0.6) is 0 Å². The van der Waals surface area contributed by atoms with Crippen molar-refractivity contribution in [3.63, 3.8) is 0 Å². The van der Waals surface area contributed by atoms with E-state index in [0.29, 0.717) is 10.6 Å². The van der Waals surface area contributed by atoms with Crippen molar-refractivity contribution >= 4 is 44.8 Å². The van der Waals surface area contributed by atoms with Gasteiger partial charge in [-0.2, -0.15) is 0 Å². The fraction of sp³-hybridized carbons (Fsp3) is 0.200. The Morgan fingerprint density at radius 3 is 2.60 bits per heavy atom. The zero-order chi connectivity index (χ0) is 14.9. The standard InChI is InChI=1S/C15H13BrCl2FN/c1-8-4-3-5-12(14(8)16)20-9(2)13-10(17)6-7-11(19)15(13)18/h3-7,9,20H,1-2H3. The number of anilines is 1. The fourth-order valence-electron chi connectivity index (χ4n) is 2.00. The van der Waals surface area contributed by atoms with Gasteiger partial charge in [0.2, 0.25) is 0 Å². The van der Waals surface area contributed by atoms with E-state index in [-0.39, 0.29) is 11.1 Å². The van der Waals surface area contributed by atoms with Gasteiger partial charge in [0.05, 0.1) is 11.1 Å². The largest absolute Gasteiger partial charge is 0.377 e. The maximum Gasteiger partial charge on any atom is 0.142 e. The summed E-state index contributed by atoms with van der Waals surface area (Å²) in [6.07, 6.45) is 0. The molecule has 2 rings (SSSR count). The van der Waals surface area contributed by atoms with E-state index in [4.69, 9.17) is 23.2 Å². The molecule has 0 aliphatic heterocycles. The highest BCUT2D eigenvalue weighted by Crippen LogP contribution is 2.35. The Kier molecular flexibility index (Phi) is 4.95. The molecule has 0 saturated carbocycles. The van der Waals surface area contributed by atoms with Crippen LogP contribution in [0.4, 0.5) is 10.1 Å². The molecule has 0 heterocycles. The third-order valence-electron chi connectivity index (χ3n) is 3.08. The Bertz CT molecular complexity index is 646. The van der Waals surface area contributed by atoms with E-state index in [1.165, 1.54) is 12.1 Å². The number of hydrogen-bond donors (Lipinski definition) is 1. The van der Waals surface area contributed by atoms with Crippen molar-refractivity contribution in [1.29, 1.82) is 0 Å². The quantitative estimate of drug-likeness (QED) is 0.613. The molecule has 106 valence electrons. The van der Waals surface area contributed by atoms with Crippen LogP contribution in [0.15, 0.2) is 34.8 Å². The smallest absolute Gasteiger partial charge is 0.142 e. The van der Waals surface area contributed by atoms with Gasteiger partial charge >= 0.3 is 0 Å². The molecule has 0 fully saturated rings. The molecule has 1 nitrogen and oxygen atoms in total. The highest BCUT2D eigenvalue weighted by atomic mass is 79.9. The first-order chi connectivity index (χ1) is 9.41. The molecule has 0 amide bonds. The van der Waals surface area contributed by atoms with Crippen LogP contribution in [-0.2, 0) is 0 Å². The van der Waals surface area contributed by atoms with Crippen molar-refractivity contribution in [3.05, 3.63) is 61.8 Å². The number of aryl methyl sites for hydroxylation is 1. The van der Waals surface area contributed by atoms with Crippen molar-refractivity contribution in [2.24, 2.45) is 0 Å². The highest BCUT2D eigenvalue weighted by molar-refractivity contribution is 9.10. The summed E-state index contributed by atoms with van der Waals surface area (Å²) in [6, 6.07) is 8.45. The lowest BCUT2D eigenvalue weighted by Crippen LogP contribution is -2.09. The molecule has 20 heavy (non-hydrogen) atoms. The summed E-state index contributed by atoms with van der Waals surface area (Å²) < 4.78 is 14.5. The van der Waals surface area contributed by atoms with Crippen LogP contribution in [0.1, 0.15) is 24.1 Å². The van der Waals surface area contributed by atoms with Gasteiger partial charge in [-0.1, -0.05) is 35.3 Å². The summed E-state index contributed by atoms with van der Waals surface area (Å²) >= 11 is 15.7. The lowest BCUT2D eigenvalue weighted by molar-refractivity contribution is 0.624. The fourth-order valence-corrected chi connectivity index (χ4v) is 3.08. The minimum atomic E-state index is -0.469. The van der Waals surface area contributed by atoms with E-state index < -0.39 is 5.82 Å². The zero-order valence-electron chi connectivity index (χ0n) is 11.0. The van der Waals surface area contributed by atoms with Gasteiger partial charge in [0.1, 0.15) is 5.82 Å². The van der Waals surface area contributed by atoms with Gasteiger partial charge in [0.15, 0.2) is 0 Å². The van der Waals surface area contributed by atoms with Crippen LogP contribution in [0.2, 0.25) is 10.0 Å². The van der Waals surface area contributed by atoms with Crippen molar-refractivity contribution in [2.75, 3.05) is 5.32 Å². The lowest BCUT2D eigenvalue weighted by Gasteiger charge is -2.20. The molecular formula is C15H13BrCl2FN. The van der Waals surface area contributed by atoms with E-state index in [1.807, 2.05) is 32.0 Å². The zero-order valence-corrected chi connectivity index (χ0v) is 14.1. The van der Waals surface area contributed by atoms with Crippen LogP contribution in [-0.4, -0.2) is 0 Å². The van der Waals surface area contributed by atoms with Crippen molar-refractivity contribution in [3.8, 4) is 0 Å². The van der Waals surface area contributed by atoms with Gasteiger partial charge in [0, 0.05) is 20.7 Å². The highest BCUT2D eigenvalue weighted by Gasteiger charge is 2.17. The molecule has 0 aliphatic rings. The molecule has 0 bridgehead atoms. The van der Waals surface area contributed by atoms with Crippen LogP contribution in [0.3, 0.4) is 0 Å². The van der Waals surface area contributed by atoms with Crippen molar-refractivity contribution < 1.29 is 4.39 Å². The Morgan fingerprint density at radius 2 is 1.90 bits per heavy atom. The Hall–Kier alpha value is -0.770. The topological polar surface area (TPSA) is 12.0 Å². The molecule has 0 saturated heterocycles. The Balaban J connectivity index is 2.36. The molecule has 0 aromatic heterocycles. The summed E-state index contributed by atoms with van der Waals surface area (Å²) in [5, 5.41) is 3.80. The first kappa shape index (κ1) is 15.6. The number of rotatable bonds is 3. The van der Waals surface area contributed by atoms with E-state index in [1.54, 1.807) is 0 Å². The first-order valence-corrected chi connectivity index (χ1v) is 7.61. The van der Waals surface area contributed by atoms with Gasteiger partial charge in [-0.15, -0.1) is 0 Å². The molecule has 1 N–H and O–H groups in total. The first-order valence-electron chi connectivity index (χ1n) is 6.07. The summed E-state index contributed by atoms with van der Waals surface area (Å²) in [5.74, 6) is -0.469. The Labute approximate surface area is 136 Å². The monoisotopic (exact) mass is 375 g/mol. The second-order valence-electron chi connectivity index (χ2n) is 4.56. The summed E-state index contributed by atoms with van der Waals surface area (Å²) in [5.41, 5.74) is 2.58. The maximum atomic E-state index is 13.6. The lowest BCUT2D eigenvalue weighted by atomic mass is 10.1. The SMILES string of the molecule is Cc1cccc(NC(C)c2c(Cl)ccc(F)c2Cl)c1Br. The van der Waals surface area contributed by atoms with E-state index in [0.717, 1.165) is 15.7 Å². The number of hydrogen-bond acceptors (Lipinski definition) is 1. The van der Waals surface area contributed by atoms with Gasteiger partial charge in [-0.3, -0.25) is 0 Å². The minimum absolute atomic E-state index is 0.0567. The van der Waals surface area contributed by atoms with E-state index >= 15 is 0 Å². The van der Waals surface area contributed by atoms with Crippen molar-refractivity contribution in [1.82, 2.24) is 0 Å². The number of nitrogens with one attached hydrogen (secondary N) is 1. The summed E-state index contributed by atoms with van der Waals surface area (Å²) in [7, 11) is 0. The van der Waals surface area contributed by atoms with Crippen LogP contribution >= 0.6 is 39.1 Å². The van der Waals surface area contributed by atoms with E-state index in [9.17, 15) is 4.39 Å². The van der Waals surface area contributed by atoms with Gasteiger partial charge in [-0.25, -0.2) is 4.39 Å². The third-order valence-corrected chi connectivity index (χ3v) is 4.84. The van der Waals surface area contributed by atoms with Gasteiger partial charge < -0.3 is 5.32 Å². The Morgan fingerprint density at radius 1 is 1.20 bits per heavy atom. The van der Waals surface area contributed by atoms with Crippen LogP contribution in [0.25, 0.3) is 0 Å². The van der Waals surface area contributed by atoms with Crippen LogP contribution < -0.4 is 5.32 Å². The summed E-state index contributed by atoms with van der Waals surface area (Å²) in [6.45, 7) is 3.89. The molecule has 0 spiro atoms. The van der Waals surface area contributed by atoms with Gasteiger partial charge in [-0.05, 0) is 53.5 Å². The van der Waals surface area contributed by atoms with Crippen LogP contribution in [0, 0.1) is 12.7 Å². The van der Waals surface area contributed by atoms with E-state index in [2.05, 4.69) is 21.2 Å². The molecule has 0 aliphatic carbocycles. The average molecular weight is 377 g/mol. The number of halogens is 4. The molecule has 0 radical (unpaired) electrons. The molecule has 5 heteroatoms. The predicted molar refractivity (Wildman–Crippen MR) is 87.3 cm³/mol. The molecule has 2 aromatic carbocycles. The normalized spacial score (nSPS) is 12.3. The molecule has 2 aromatic rings. The molecule has 1 atom stereocenters. The molecule has 1 unspecified atom stereocenters. The minimum Gasteiger partial charge on any atom is -0.377 e. The maximum absolute atomic E-state index is 13.6. The second-order valence-corrected chi connectivity index (χ2v) is 6.14. The third kappa shape index (κ3) is 3.11. The second kappa shape index (κ2) is 6.33. The van der Waals surface area contributed by atoms with Gasteiger partial charge in [0.25, 0.3) is 0 Å². The number of benzene rings is 2. The molecular weight excluding hydrogens is 364 g/mol. The average Bonchev–Trinajstić information content (AvgIpc) is 2.40.